The predicted molar refractivity (Wildman–Crippen MR) is 125 cm³/mol. The van der Waals surface area contributed by atoms with E-state index in [-0.39, 0.29) is 12.2 Å². The van der Waals surface area contributed by atoms with Crippen molar-refractivity contribution in [2.75, 3.05) is 22.9 Å². The van der Waals surface area contributed by atoms with E-state index in [1.54, 1.807) is 12.4 Å². The molecule has 0 aliphatic carbocycles. The highest BCUT2D eigenvalue weighted by molar-refractivity contribution is 5.67. The van der Waals surface area contributed by atoms with Gasteiger partial charge in [-0.05, 0) is 48.7 Å². The average molecular weight is 416 g/mol. The SMILES string of the molecule is C[C@@H]1CN(c2cc(C3c4ccccc4C=CN3c3cnccn3)ccn2)C[C@H](C)N1.N. The molecule has 0 saturated carbocycles. The van der Waals surface area contributed by atoms with Gasteiger partial charge < -0.3 is 21.3 Å². The van der Waals surface area contributed by atoms with Gasteiger partial charge >= 0.3 is 0 Å². The first kappa shape index (κ1) is 21.0. The summed E-state index contributed by atoms with van der Waals surface area (Å²) in [5.74, 6) is 1.86. The number of anilines is 2. The Morgan fingerprint density at radius 3 is 2.48 bits per heavy atom. The number of fused-ring (bicyclic) bond motifs is 1. The Labute approximate surface area is 183 Å². The molecule has 0 radical (unpaired) electrons. The fourth-order valence-electron chi connectivity index (χ4n) is 4.57. The van der Waals surface area contributed by atoms with E-state index in [2.05, 4.69) is 87.6 Å². The van der Waals surface area contributed by atoms with Crippen LogP contribution in [0.25, 0.3) is 6.08 Å². The first-order valence-corrected chi connectivity index (χ1v) is 10.5. The molecule has 1 aromatic carbocycles. The van der Waals surface area contributed by atoms with Crippen molar-refractivity contribution in [1.82, 2.24) is 26.4 Å². The minimum Gasteiger partial charge on any atom is -0.354 e. The Kier molecular flexibility index (Phi) is 5.97. The van der Waals surface area contributed by atoms with Crippen LogP contribution in [0.4, 0.5) is 11.6 Å². The van der Waals surface area contributed by atoms with E-state index in [0.717, 1.165) is 24.7 Å². The third-order valence-corrected chi connectivity index (χ3v) is 5.76. The molecule has 0 bridgehead atoms. The van der Waals surface area contributed by atoms with Crippen LogP contribution >= 0.6 is 0 Å². The van der Waals surface area contributed by atoms with Crippen LogP contribution < -0.4 is 21.3 Å². The van der Waals surface area contributed by atoms with Gasteiger partial charge in [0, 0.05) is 50.0 Å². The van der Waals surface area contributed by atoms with Crippen LogP contribution in [-0.4, -0.2) is 40.1 Å². The highest BCUT2D eigenvalue weighted by atomic mass is 15.3. The summed E-state index contributed by atoms with van der Waals surface area (Å²) in [5.41, 5.74) is 3.68. The van der Waals surface area contributed by atoms with E-state index in [1.807, 2.05) is 12.4 Å². The first-order chi connectivity index (χ1) is 14.7. The largest absolute Gasteiger partial charge is 0.354 e. The molecule has 5 rings (SSSR count). The molecular weight excluding hydrogens is 386 g/mol. The van der Waals surface area contributed by atoms with E-state index in [1.165, 1.54) is 16.7 Å². The molecule has 4 N–H and O–H groups in total. The second-order valence-corrected chi connectivity index (χ2v) is 8.14. The van der Waals surface area contributed by atoms with Gasteiger partial charge in [0.25, 0.3) is 0 Å². The molecule has 160 valence electrons. The summed E-state index contributed by atoms with van der Waals surface area (Å²) in [6.45, 7) is 6.36. The molecular formula is C24H29N7. The highest BCUT2D eigenvalue weighted by Crippen LogP contribution is 2.38. The maximum atomic E-state index is 4.71. The number of pyridine rings is 1. The third-order valence-electron chi connectivity index (χ3n) is 5.76. The van der Waals surface area contributed by atoms with Crippen molar-refractivity contribution >= 4 is 17.7 Å². The van der Waals surface area contributed by atoms with Crippen molar-refractivity contribution < 1.29 is 0 Å². The fraction of sp³-hybridized carbons (Fsp3) is 0.292. The van der Waals surface area contributed by atoms with Crippen molar-refractivity contribution in [3.63, 3.8) is 0 Å². The second kappa shape index (κ2) is 8.83. The van der Waals surface area contributed by atoms with Crippen molar-refractivity contribution in [3.8, 4) is 0 Å². The molecule has 0 spiro atoms. The van der Waals surface area contributed by atoms with Crippen LogP contribution in [0.1, 0.15) is 36.6 Å². The Balaban J connectivity index is 0.00000231. The van der Waals surface area contributed by atoms with Gasteiger partial charge in [0.15, 0.2) is 5.82 Å². The number of rotatable bonds is 3. The van der Waals surface area contributed by atoms with Gasteiger partial charge in [0.1, 0.15) is 5.82 Å². The lowest BCUT2D eigenvalue weighted by molar-refractivity contribution is 0.405. The summed E-state index contributed by atoms with van der Waals surface area (Å²) in [6.07, 6.45) is 11.4. The molecule has 7 heteroatoms. The number of nitrogens with one attached hydrogen (secondary N) is 1. The summed E-state index contributed by atoms with van der Waals surface area (Å²) in [5, 5.41) is 3.60. The molecule has 2 aliphatic heterocycles. The summed E-state index contributed by atoms with van der Waals surface area (Å²) in [7, 11) is 0. The number of hydrogen-bond acceptors (Lipinski definition) is 7. The number of nitrogens with zero attached hydrogens (tertiary/aromatic N) is 5. The van der Waals surface area contributed by atoms with Gasteiger partial charge in [-0.3, -0.25) is 4.98 Å². The van der Waals surface area contributed by atoms with Crippen LogP contribution in [-0.2, 0) is 0 Å². The molecule has 1 fully saturated rings. The monoisotopic (exact) mass is 415 g/mol. The van der Waals surface area contributed by atoms with E-state index in [9.17, 15) is 0 Å². The molecule has 3 atom stereocenters. The topological polar surface area (TPSA) is 92.2 Å². The minimum atomic E-state index is 0. The van der Waals surface area contributed by atoms with E-state index < -0.39 is 0 Å². The third kappa shape index (κ3) is 4.15. The smallest absolute Gasteiger partial charge is 0.151 e. The van der Waals surface area contributed by atoms with Crippen LogP contribution in [0.2, 0.25) is 0 Å². The normalized spacial score (nSPS) is 22.6. The number of aromatic nitrogens is 3. The molecule has 7 nitrogen and oxygen atoms in total. The maximum absolute atomic E-state index is 4.71. The predicted octanol–water partition coefficient (Wildman–Crippen LogP) is 3.80. The minimum absolute atomic E-state index is 0. The fourth-order valence-corrected chi connectivity index (χ4v) is 4.57. The summed E-state index contributed by atoms with van der Waals surface area (Å²) >= 11 is 0. The van der Waals surface area contributed by atoms with Gasteiger partial charge in [-0.2, -0.15) is 0 Å². The Morgan fingerprint density at radius 1 is 0.935 bits per heavy atom. The van der Waals surface area contributed by atoms with Crippen molar-refractivity contribution in [2.24, 2.45) is 0 Å². The Morgan fingerprint density at radius 2 is 1.71 bits per heavy atom. The summed E-state index contributed by atoms with van der Waals surface area (Å²) < 4.78 is 0. The molecule has 3 aromatic rings. The van der Waals surface area contributed by atoms with Crippen molar-refractivity contribution in [2.45, 2.75) is 32.0 Å². The number of piperazine rings is 1. The zero-order chi connectivity index (χ0) is 20.5. The first-order valence-electron chi connectivity index (χ1n) is 10.5. The van der Waals surface area contributed by atoms with Gasteiger partial charge in [-0.1, -0.05) is 24.3 Å². The van der Waals surface area contributed by atoms with E-state index >= 15 is 0 Å². The van der Waals surface area contributed by atoms with Gasteiger partial charge in [-0.15, -0.1) is 0 Å². The summed E-state index contributed by atoms with van der Waals surface area (Å²) in [4.78, 5) is 18.1. The van der Waals surface area contributed by atoms with E-state index in [0.29, 0.717) is 12.1 Å². The van der Waals surface area contributed by atoms with Crippen LogP contribution in [0.3, 0.4) is 0 Å². The van der Waals surface area contributed by atoms with Crippen LogP contribution in [0.5, 0.6) is 0 Å². The van der Waals surface area contributed by atoms with Crippen molar-refractivity contribution in [3.05, 3.63) is 84.1 Å². The quantitative estimate of drug-likeness (QED) is 0.672. The zero-order valence-electron chi connectivity index (χ0n) is 18.0. The second-order valence-electron chi connectivity index (χ2n) is 8.14. The Hall–Kier alpha value is -3.29. The molecule has 2 aliphatic rings. The van der Waals surface area contributed by atoms with E-state index in [4.69, 9.17) is 4.98 Å². The summed E-state index contributed by atoms with van der Waals surface area (Å²) in [6, 6.07) is 13.8. The van der Waals surface area contributed by atoms with Crippen LogP contribution in [0, 0.1) is 0 Å². The van der Waals surface area contributed by atoms with Crippen LogP contribution in [0.15, 0.2) is 67.4 Å². The maximum Gasteiger partial charge on any atom is 0.151 e. The molecule has 1 saturated heterocycles. The van der Waals surface area contributed by atoms with Gasteiger partial charge in [0.05, 0.1) is 12.2 Å². The lowest BCUT2D eigenvalue weighted by atomic mass is 9.91. The average Bonchev–Trinajstić information content (AvgIpc) is 2.78. The molecule has 0 amide bonds. The molecule has 1 unspecified atom stereocenters. The zero-order valence-corrected chi connectivity index (χ0v) is 18.0. The standard InChI is InChI=1S/C24H26N6.H3N/c1-17-15-29(16-18(2)28-17)22-13-20(7-9-26-22)24-21-6-4-3-5-19(21)8-12-30(24)23-14-25-10-11-27-23;/h3-14,17-18,24,28H,15-16H2,1-2H3;1H3/t17-,18+,24?;. The van der Waals surface area contributed by atoms with Crippen molar-refractivity contribution in [1.29, 1.82) is 0 Å². The lowest BCUT2D eigenvalue weighted by Crippen LogP contribution is -2.54. The number of benzene rings is 1. The van der Waals surface area contributed by atoms with Gasteiger partial charge in [-0.25, -0.2) is 9.97 Å². The molecule has 4 heterocycles. The lowest BCUT2D eigenvalue weighted by Gasteiger charge is -2.38. The van der Waals surface area contributed by atoms with Gasteiger partial charge in [0.2, 0.25) is 0 Å². The molecule has 31 heavy (non-hydrogen) atoms. The number of hydrogen-bond donors (Lipinski definition) is 2. The highest BCUT2D eigenvalue weighted by Gasteiger charge is 2.28. The molecule has 2 aromatic heterocycles. The Bertz CT molecular complexity index is 1040.